The van der Waals surface area contributed by atoms with Gasteiger partial charge < -0.3 is 15.2 Å². The molecule has 0 atom stereocenters. The van der Waals surface area contributed by atoms with Gasteiger partial charge >= 0.3 is 0 Å². The fraction of sp³-hybridized carbons (Fsp3) is 0.214. The van der Waals surface area contributed by atoms with Crippen LogP contribution in [0.1, 0.15) is 16.1 Å². The van der Waals surface area contributed by atoms with E-state index < -0.39 is 0 Å². The molecule has 0 aliphatic rings. The summed E-state index contributed by atoms with van der Waals surface area (Å²) in [6, 6.07) is 11.8. The fourth-order valence-electron chi connectivity index (χ4n) is 1.86. The van der Waals surface area contributed by atoms with Gasteiger partial charge in [0.2, 0.25) is 0 Å². The summed E-state index contributed by atoms with van der Waals surface area (Å²) in [5.74, 6) is -0.0755. The summed E-state index contributed by atoms with van der Waals surface area (Å²) < 4.78 is 1.88. The molecule has 0 fully saturated rings. The van der Waals surface area contributed by atoms with Crippen molar-refractivity contribution in [3.8, 4) is 0 Å². The highest BCUT2D eigenvalue weighted by atomic mass is 16.2. The second-order valence-electron chi connectivity index (χ2n) is 4.43. The lowest BCUT2D eigenvalue weighted by Gasteiger charge is -2.14. The quantitative estimate of drug-likeness (QED) is 0.894. The Kier molecular flexibility index (Phi) is 3.37. The zero-order chi connectivity index (χ0) is 13.1. The van der Waals surface area contributed by atoms with Crippen LogP contribution in [0.5, 0.6) is 0 Å². The number of nitrogens with two attached hydrogens (primary N) is 1. The lowest BCUT2D eigenvalue weighted by molar-refractivity contribution is 0.0819. The number of amides is 1. The number of rotatable bonds is 3. The van der Waals surface area contributed by atoms with Gasteiger partial charge in [-0.25, -0.2) is 0 Å². The van der Waals surface area contributed by atoms with Crippen molar-refractivity contribution < 1.29 is 4.79 Å². The lowest BCUT2D eigenvalue weighted by atomic mass is 10.2. The van der Waals surface area contributed by atoms with Crippen molar-refractivity contribution in [2.24, 2.45) is 0 Å². The molecule has 2 rings (SSSR count). The van der Waals surface area contributed by atoms with E-state index in [4.69, 9.17) is 5.73 Å². The summed E-state index contributed by atoms with van der Waals surface area (Å²) in [5, 5.41) is 0. The fourth-order valence-corrected chi connectivity index (χ4v) is 1.86. The maximum atomic E-state index is 12.1. The smallest absolute Gasteiger partial charge is 0.272 e. The van der Waals surface area contributed by atoms with E-state index in [2.05, 4.69) is 0 Å². The molecule has 1 aromatic heterocycles. The minimum Gasteiger partial charge on any atom is -0.397 e. The van der Waals surface area contributed by atoms with Crippen molar-refractivity contribution in [3.63, 3.8) is 0 Å². The Labute approximate surface area is 107 Å². The molecule has 0 unspecified atom stereocenters. The summed E-state index contributed by atoms with van der Waals surface area (Å²) >= 11 is 0. The first-order valence-corrected chi connectivity index (χ1v) is 5.80. The molecule has 4 heteroatoms. The molecular weight excluding hydrogens is 226 g/mol. The Balaban J connectivity index is 2.32. The maximum absolute atomic E-state index is 12.1. The van der Waals surface area contributed by atoms with Crippen LogP contribution in [0.2, 0.25) is 0 Å². The molecule has 2 N–H and O–H groups in total. The zero-order valence-corrected chi connectivity index (χ0v) is 10.6. The van der Waals surface area contributed by atoms with E-state index in [0.717, 1.165) is 5.56 Å². The average Bonchev–Trinajstić information content (AvgIpc) is 2.71. The largest absolute Gasteiger partial charge is 0.397 e. The summed E-state index contributed by atoms with van der Waals surface area (Å²) in [4.78, 5) is 13.6. The van der Waals surface area contributed by atoms with Crippen molar-refractivity contribution in [1.82, 2.24) is 9.47 Å². The molecule has 0 spiro atoms. The summed E-state index contributed by atoms with van der Waals surface area (Å²) in [6.45, 7) is 0.646. The van der Waals surface area contributed by atoms with Crippen LogP contribution >= 0.6 is 0 Å². The second-order valence-corrected chi connectivity index (χ2v) is 4.43. The molecule has 0 saturated carbocycles. The minimum absolute atomic E-state index is 0.0755. The zero-order valence-electron chi connectivity index (χ0n) is 10.6. The number of hydrogen-bond acceptors (Lipinski definition) is 2. The predicted molar refractivity (Wildman–Crippen MR) is 72.4 cm³/mol. The third-order valence-corrected chi connectivity index (χ3v) is 2.80. The van der Waals surface area contributed by atoms with Crippen molar-refractivity contribution in [2.45, 2.75) is 6.54 Å². The van der Waals surface area contributed by atoms with Crippen LogP contribution in [0.4, 0.5) is 5.69 Å². The van der Waals surface area contributed by atoms with E-state index in [-0.39, 0.29) is 5.91 Å². The number of nitrogens with zero attached hydrogens (tertiary/aromatic N) is 2. The highest BCUT2D eigenvalue weighted by Gasteiger charge is 2.17. The van der Waals surface area contributed by atoms with Gasteiger partial charge in [-0.15, -0.1) is 0 Å². The number of nitrogen functional groups attached to an aromatic ring is 1. The van der Waals surface area contributed by atoms with Gasteiger partial charge in [0.15, 0.2) is 0 Å². The highest BCUT2D eigenvalue weighted by molar-refractivity contribution is 5.97. The van der Waals surface area contributed by atoms with E-state index in [1.165, 1.54) is 4.90 Å². The van der Waals surface area contributed by atoms with Crippen LogP contribution in [0.15, 0.2) is 42.6 Å². The van der Waals surface area contributed by atoms with Gasteiger partial charge in [-0.05, 0) is 11.6 Å². The number of benzene rings is 1. The molecule has 0 bridgehead atoms. The van der Waals surface area contributed by atoms with Crippen LogP contribution in [-0.2, 0) is 6.54 Å². The number of hydrogen-bond donors (Lipinski definition) is 1. The molecule has 1 heterocycles. The first-order chi connectivity index (χ1) is 8.59. The second kappa shape index (κ2) is 4.96. The Morgan fingerprint density at radius 1 is 1.22 bits per heavy atom. The SMILES string of the molecule is CN(C)C(=O)c1c(N)ccn1Cc1ccccc1. The summed E-state index contributed by atoms with van der Waals surface area (Å²) in [6.07, 6.45) is 1.85. The third-order valence-electron chi connectivity index (χ3n) is 2.80. The molecular formula is C14H17N3O. The number of carbonyl (C=O) groups is 1. The third kappa shape index (κ3) is 2.37. The molecule has 18 heavy (non-hydrogen) atoms. The van der Waals surface area contributed by atoms with Gasteiger partial charge in [0.05, 0.1) is 5.69 Å². The number of aromatic nitrogens is 1. The standard InChI is InChI=1S/C14H17N3O/c1-16(2)14(18)13-12(15)8-9-17(13)10-11-6-4-3-5-7-11/h3-9H,10,15H2,1-2H3. The molecule has 0 aliphatic carbocycles. The van der Waals surface area contributed by atoms with E-state index in [9.17, 15) is 4.79 Å². The van der Waals surface area contributed by atoms with Gasteiger partial charge in [-0.2, -0.15) is 0 Å². The van der Waals surface area contributed by atoms with Gasteiger partial charge in [0.25, 0.3) is 5.91 Å². The van der Waals surface area contributed by atoms with Gasteiger partial charge in [-0.3, -0.25) is 4.79 Å². The summed E-state index contributed by atoms with van der Waals surface area (Å²) in [5.41, 5.74) is 8.07. The highest BCUT2D eigenvalue weighted by Crippen LogP contribution is 2.17. The van der Waals surface area contributed by atoms with E-state index >= 15 is 0 Å². The van der Waals surface area contributed by atoms with Crippen molar-refractivity contribution in [1.29, 1.82) is 0 Å². The Bertz CT molecular complexity index is 543. The minimum atomic E-state index is -0.0755. The van der Waals surface area contributed by atoms with Crippen molar-refractivity contribution in [2.75, 3.05) is 19.8 Å². The van der Waals surface area contributed by atoms with Crippen LogP contribution < -0.4 is 5.73 Å². The maximum Gasteiger partial charge on any atom is 0.272 e. The molecule has 0 aliphatic heterocycles. The molecule has 0 saturated heterocycles. The van der Waals surface area contributed by atoms with E-state index in [1.54, 1.807) is 20.2 Å². The Morgan fingerprint density at radius 3 is 2.50 bits per heavy atom. The van der Waals surface area contributed by atoms with E-state index in [0.29, 0.717) is 17.9 Å². The summed E-state index contributed by atoms with van der Waals surface area (Å²) in [7, 11) is 3.45. The monoisotopic (exact) mass is 243 g/mol. The first-order valence-electron chi connectivity index (χ1n) is 5.80. The molecule has 94 valence electrons. The van der Waals surface area contributed by atoms with Gasteiger partial charge in [-0.1, -0.05) is 30.3 Å². The van der Waals surface area contributed by atoms with Crippen LogP contribution in [0.3, 0.4) is 0 Å². The van der Waals surface area contributed by atoms with E-state index in [1.807, 2.05) is 41.1 Å². The van der Waals surface area contributed by atoms with Crippen molar-refractivity contribution in [3.05, 3.63) is 53.9 Å². The number of anilines is 1. The van der Waals surface area contributed by atoms with Gasteiger partial charge in [0.1, 0.15) is 5.69 Å². The average molecular weight is 243 g/mol. The molecule has 0 radical (unpaired) electrons. The van der Waals surface area contributed by atoms with Crippen LogP contribution in [0, 0.1) is 0 Å². The Hall–Kier alpha value is -2.23. The van der Waals surface area contributed by atoms with Gasteiger partial charge in [0, 0.05) is 26.8 Å². The molecule has 1 amide bonds. The number of carbonyl (C=O) groups excluding carboxylic acids is 1. The van der Waals surface area contributed by atoms with Crippen LogP contribution in [-0.4, -0.2) is 29.5 Å². The Morgan fingerprint density at radius 2 is 1.89 bits per heavy atom. The van der Waals surface area contributed by atoms with Crippen LogP contribution in [0.25, 0.3) is 0 Å². The predicted octanol–water partition coefficient (Wildman–Crippen LogP) is 1.82. The normalized spacial score (nSPS) is 10.3. The lowest BCUT2D eigenvalue weighted by Crippen LogP contribution is -2.25. The molecule has 1 aromatic carbocycles. The van der Waals surface area contributed by atoms with Crippen molar-refractivity contribution >= 4 is 11.6 Å². The molecule has 2 aromatic rings. The first kappa shape index (κ1) is 12.2. The molecule has 4 nitrogen and oxygen atoms in total. The topological polar surface area (TPSA) is 51.3 Å².